The second-order valence-corrected chi connectivity index (χ2v) is 8.03. The zero-order chi connectivity index (χ0) is 21.5. The summed E-state index contributed by atoms with van der Waals surface area (Å²) in [4.78, 5) is 24.3. The monoisotopic (exact) mass is 442 g/mol. The Labute approximate surface area is 185 Å². The zero-order valence-electron chi connectivity index (χ0n) is 16.9. The molecule has 0 bridgehead atoms. The van der Waals surface area contributed by atoms with Gasteiger partial charge in [0.2, 0.25) is 5.91 Å². The Morgan fingerprint density at radius 2 is 1.87 bits per heavy atom. The van der Waals surface area contributed by atoms with Gasteiger partial charge in [-0.05, 0) is 49.7 Å². The van der Waals surface area contributed by atoms with E-state index in [0.29, 0.717) is 34.4 Å². The number of ketones is 1. The topological polar surface area (TPSA) is 76.9 Å². The number of hydrogen-bond donors (Lipinski definition) is 1. The summed E-state index contributed by atoms with van der Waals surface area (Å²) < 4.78 is 1.97. The highest BCUT2D eigenvalue weighted by Gasteiger charge is 2.15. The Bertz CT molecular complexity index is 1030. The van der Waals surface area contributed by atoms with Crippen LogP contribution in [0.1, 0.15) is 37.0 Å². The highest BCUT2D eigenvalue weighted by atomic mass is 35.5. The fourth-order valence-corrected chi connectivity index (χ4v) is 4.01. The first-order chi connectivity index (χ1) is 14.5. The third-order valence-corrected chi connectivity index (χ3v) is 5.62. The van der Waals surface area contributed by atoms with Crippen LogP contribution in [0.2, 0.25) is 5.02 Å². The molecular weight excluding hydrogens is 420 g/mol. The minimum Gasteiger partial charge on any atom is -0.326 e. The van der Waals surface area contributed by atoms with Gasteiger partial charge in [0, 0.05) is 34.8 Å². The van der Waals surface area contributed by atoms with Gasteiger partial charge < -0.3 is 9.88 Å². The summed E-state index contributed by atoms with van der Waals surface area (Å²) in [6.45, 7) is 4.64. The predicted molar refractivity (Wildman–Crippen MR) is 121 cm³/mol. The molecule has 0 atom stereocenters. The van der Waals surface area contributed by atoms with Gasteiger partial charge in [0.15, 0.2) is 16.8 Å². The molecule has 1 heterocycles. The van der Waals surface area contributed by atoms with Gasteiger partial charge in [0.1, 0.15) is 0 Å². The van der Waals surface area contributed by atoms with E-state index in [1.165, 1.54) is 11.8 Å². The number of hydrogen-bond acceptors (Lipinski definition) is 5. The van der Waals surface area contributed by atoms with E-state index in [-0.39, 0.29) is 17.4 Å². The van der Waals surface area contributed by atoms with E-state index >= 15 is 0 Å². The van der Waals surface area contributed by atoms with Crippen LogP contribution < -0.4 is 5.32 Å². The first-order valence-electron chi connectivity index (χ1n) is 9.76. The Morgan fingerprint density at radius 3 is 2.53 bits per heavy atom. The molecule has 1 N–H and O–H groups in total. The first-order valence-corrected chi connectivity index (χ1v) is 11.1. The Hall–Kier alpha value is -2.64. The normalized spacial score (nSPS) is 10.8. The molecule has 0 aliphatic carbocycles. The summed E-state index contributed by atoms with van der Waals surface area (Å²) in [5.41, 5.74) is 2.17. The molecule has 6 nitrogen and oxygen atoms in total. The van der Waals surface area contributed by atoms with E-state index in [2.05, 4.69) is 15.5 Å². The van der Waals surface area contributed by atoms with Crippen molar-refractivity contribution in [2.75, 3.05) is 11.1 Å². The summed E-state index contributed by atoms with van der Waals surface area (Å²) in [6, 6.07) is 14.4. The van der Waals surface area contributed by atoms with Crippen molar-refractivity contribution in [1.29, 1.82) is 0 Å². The summed E-state index contributed by atoms with van der Waals surface area (Å²) >= 11 is 7.44. The summed E-state index contributed by atoms with van der Waals surface area (Å²) in [6.07, 6.45) is 1.27. The second kappa shape index (κ2) is 10.4. The van der Waals surface area contributed by atoms with Crippen molar-refractivity contribution in [1.82, 2.24) is 14.8 Å². The van der Waals surface area contributed by atoms with Gasteiger partial charge in [-0.1, -0.05) is 42.4 Å². The van der Waals surface area contributed by atoms with Crippen LogP contribution >= 0.6 is 23.4 Å². The van der Waals surface area contributed by atoms with Gasteiger partial charge in [-0.25, -0.2) is 0 Å². The maximum absolute atomic E-state index is 12.6. The lowest BCUT2D eigenvalue weighted by Crippen LogP contribution is -2.11. The van der Waals surface area contributed by atoms with Crippen molar-refractivity contribution in [3.63, 3.8) is 0 Å². The molecule has 1 amide bonds. The van der Waals surface area contributed by atoms with E-state index < -0.39 is 0 Å². The summed E-state index contributed by atoms with van der Waals surface area (Å²) in [5, 5.41) is 12.7. The number of nitrogens with one attached hydrogen (secondary N) is 1. The molecule has 156 valence electrons. The Balaban J connectivity index is 1.65. The van der Waals surface area contributed by atoms with Crippen LogP contribution in [0.5, 0.6) is 0 Å². The number of benzene rings is 2. The van der Waals surface area contributed by atoms with E-state index in [1.807, 2.05) is 42.7 Å². The number of thioether (sulfide) groups is 1. The van der Waals surface area contributed by atoms with Crippen molar-refractivity contribution in [3.8, 4) is 11.4 Å². The van der Waals surface area contributed by atoms with E-state index in [4.69, 9.17) is 11.6 Å². The fraction of sp³-hybridized carbons (Fsp3) is 0.273. The van der Waals surface area contributed by atoms with Crippen LogP contribution in [0, 0.1) is 0 Å². The minimum atomic E-state index is -0.0264. The van der Waals surface area contributed by atoms with Crippen LogP contribution in [0.25, 0.3) is 11.4 Å². The molecule has 0 aliphatic heterocycles. The average Bonchev–Trinajstić information content (AvgIpc) is 3.15. The second-order valence-electron chi connectivity index (χ2n) is 6.65. The van der Waals surface area contributed by atoms with Crippen molar-refractivity contribution in [2.45, 2.75) is 38.4 Å². The van der Waals surface area contributed by atoms with Crippen molar-refractivity contribution >= 4 is 40.7 Å². The van der Waals surface area contributed by atoms with Gasteiger partial charge in [-0.2, -0.15) is 0 Å². The highest BCUT2D eigenvalue weighted by Crippen LogP contribution is 2.26. The average molecular weight is 443 g/mol. The van der Waals surface area contributed by atoms with Crippen molar-refractivity contribution < 1.29 is 9.59 Å². The molecule has 2 aromatic carbocycles. The van der Waals surface area contributed by atoms with Gasteiger partial charge in [0.05, 0.1) is 5.75 Å². The van der Waals surface area contributed by atoms with Crippen LogP contribution in [-0.4, -0.2) is 32.2 Å². The SMILES string of the molecule is CCCC(=O)Nc1ccc(C(=O)CSc2nnc(-c3cccc(Cl)c3)n2CC)cc1. The number of anilines is 1. The quantitative estimate of drug-likeness (QED) is 0.358. The largest absolute Gasteiger partial charge is 0.326 e. The molecule has 0 unspecified atom stereocenters. The standard InChI is InChI=1S/C22H23ClN4O2S/c1-3-6-20(29)24-18-11-9-15(10-12-18)19(28)14-30-22-26-25-21(27(22)4-2)16-7-5-8-17(23)13-16/h5,7-13H,3-4,6,14H2,1-2H3,(H,24,29). The molecule has 1 aromatic heterocycles. The lowest BCUT2D eigenvalue weighted by Gasteiger charge is -2.08. The van der Waals surface area contributed by atoms with Gasteiger partial charge in [-0.15, -0.1) is 10.2 Å². The summed E-state index contributed by atoms with van der Waals surface area (Å²) in [5.74, 6) is 0.930. The number of nitrogens with zero attached hydrogens (tertiary/aromatic N) is 3. The number of carbonyl (C=O) groups excluding carboxylic acids is 2. The molecule has 8 heteroatoms. The number of rotatable bonds is 9. The molecule has 0 aliphatic rings. The van der Waals surface area contributed by atoms with Gasteiger partial charge in [0.25, 0.3) is 0 Å². The van der Waals surface area contributed by atoms with E-state index in [9.17, 15) is 9.59 Å². The van der Waals surface area contributed by atoms with Gasteiger partial charge in [-0.3, -0.25) is 9.59 Å². The maximum atomic E-state index is 12.6. The molecule has 3 rings (SSSR count). The number of halogens is 1. The first kappa shape index (κ1) is 22.1. The molecule has 30 heavy (non-hydrogen) atoms. The zero-order valence-corrected chi connectivity index (χ0v) is 18.5. The maximum Gasteiger partial charge on any atom is 0.224 e. The number of aromatic nitrogens is 3. The molecule has 0 spiro atoms. The van der Waals surface area contributed by atoms with Gasteiger partial charge >= 0.3 is 0 Å². The molecule has 0 saturated carbocycles. The fourth-order valence-electron chi connectivity index (χ4n) is 2.93. The smallest absolute Gasteiger partial charge is 0.224 e. The van der Waals surface area contributed by atoms with Crippen LogP contribution in [0.3, 0.4) is 0 Å². The van der Waals surface area contributed by atoms with Crippen LogP contribution in [0.4, 0.5) is 5.69 Å². The van der Waals surface area contributed by atoms with Crippen LogP contribution in [0.15, 0.2) is 53.7 Å². The lowest BCUT2D eigenvalue weighted by atomic mass is 10.1. The molecule has 0 saturated heterocycles. The molecular formula is C22H23ClN4O2S. The van der Waals surface area contributed by atoms with E-state index in [0.717, 1.165) is 17.8 Å². The van der Waals surface area contributed by atoms with Crippen molar-refractivity contribution in [3.05, 3.63) is 59.1 Å². The molecule has 0 fully saturated rings. The number of Topliss-reactive ketones (excluding diaryl/α,β-unsaturated/α-hetero) is 1. The molecule has 0 radical (unpaired) electrons. The molecule has 3 aromatic rings. The Morgan fingerprint density at radius 1 is 1.10 bits per heavy atom. The number of carbonyl (C=O) groups is 2. The third kappa shape index (κ3) is 5.49. The minimum absolute atomic E-state index is 0.0126. The summed E-state index contributed by atoms with van der Waals surface area (Å²) in [7, 11) is 0. The third-order valence-electron chi connectivity index (χ3n) is 4.42. The highest BCUT2D eigenvalue weighted by molar-refractivity contribution is 7.99. The Kier molecular flexibility index (Phi) is 7.65. The predicted octanol–water partition coefficient (Wildman–Crippen LogP) is 5.33. The van der Waals surface area contributed by atoms with E-state index in [1.54, 1.807) is 24.3 Å². The lowest BCUT2D eigenvalue weighted by molar-refractivity contribution is -0.116. The van der Waals surface area contributed by atoms with Crippen molar-refractivity contribution in [2.24, 2.45) is 0 Å². The van der Waals surface area contributed by atoms with Crippen LogP contribution in [-0.2, 0) is 11.3 Å². The number of amides is 1.